The Kier molecular flexibility index (Phi) is 4.22. The van der Waals surface area contributed by atoms with Crippen LogP contribution in [0.15, 0.2) is 6.20 Å². The minimum atomic E-state index is -0.459. The number of aryl methyl sites for hydroxylation is 2. The molecule has 1 aromatic heterocycles. The van der Waals surface area contributed by atoms with Gasteiger partial charge in [-0.15, -0.1) is 0 Å². The molecule has 0 bridgehead atoms. The fourth-order valence-electron chi connectivity index (χ4n) is 3.14. The minimum Gasteiger partial charge on any atom is -0.351 e. The van der Waals surface area contributed by atoms with Crippen molar-refractivity contribution in [3.8, 4) is 0 Å². The summed E-state index contributed by atoms with van der Waals surface area (Å²) in [6.07, 6.45) is 6.62. The summed E-state index contributed by atoms with van der Waals surface area (Å²) in [5, 5.41) is 2.88. The van der Waals surface area contributed by atoms with Gasteiger partial charge < -0.3 is 16.0 Å². The summed E-state index contributed by atoms with van der Waals surface area (Å²) in [7, 11) is 0. The SMILES string of the molecule is NC(=O)N1CCC[C@@H](C(=O)NCc2ncc3c(n2)CCC3)C1. The molecule has 1 fully saturated rings. The second kappa shape index (κ2) is 6.29. The molecule has 1 aliphatic heterocycles. The van der Waals surface area contributed by atoms with Crippen LogP contribution in [0.2, 0.25) is 0 Å². The normalized spacial score (nSPS) is 20.5. The molecule has 0 radical (unpaired) electrons. The van der Waals surface area contributed by atoms with E-state index in [0.717, 1.165) is 37.8 Å². The van der Waals surface area contributed by atoms with Gasteiger partial charge in [-0.2, -0.15) is 0 Å². The molecule has 118 valence electrons. The molecule has 2 heterocycles. The van der Waals surface area contributed by atoms with E-state index in [1.807, 2.05) is 6.20 Å². The third kappa shape index (κ3) is 3.18. The van der Waals surface area contributed by atoms with Gasteiger partial charge in [0.25, 0.3) is 0 Å². The molecule has 1 saturated heterocycles. The predicted molar refractivity (Wildman–Crippen MR) is 79.8 cm³/mol. The summed E-state index contributed by atoms with van der Waals surface area (Å²) in [6, 6.07) is -0.459. The van der Waals surface area contributed by atoms with Crippen LogP contribution < -0.4 is 11.1 Å². The van der Waals surface area contributed by atoms with Crippen molar-refractivity contribution in [2.24, 2.45) is 11.7 Å². The van der Waals surface area contributed by atoms with E-state index in [4.69, 9.17) is 5.73 Å². The van der Waals surface area contributed by atoms with E-state index in [0.29, 0.717) is 25.5 Å². The summed E-state index contributed by atoms with van der Waals surface area (Å²) >= 11 is 0. The Labute approximate surface area is 129 Å². The summed E-state index contributed by atoms with van der Waals surface area (Å²) in [5.41, 5.74) is 7.61. The highest BCUT2D eigenvalue weighted by atomic mass is 16.2. The summed E-state index contributed by atoms with van der Waals surface area (Å²) in [6.45, 7) is 1.36. The van der Waals surface area contributed by atoms with Gasteiger partial charge in [0, 0.05) is 25.0 Å². The molecule has 2 aliphatic rings. The molecule has 0 saturated carbocycles. The fraction of sp³-hybridized carbons (Fsp3) is 0.600. The van der Waals surface area contributed by atoms with Crippen LogP contribution in [-0.4, -0.2) is 39.9 Å². The van der Waals surface area contributed by atoms with E-state index >= 15 is 0 Å². The van der Waals surface area contributed by atoms with Crippen LogP contribution in [0.5, 0.6) is 0 Å². The number of urea groups is 1. The van der Waals surface area contributed by atoms with Gasteiger partial charge in [-0.1, -0.05) is 0 Å². The highest BCUT2D eigenvalue weighted by Gasteiger charge is 2.27. The van der Waals surface area contributed by atoms with E-state index in [9.17, 15) is 9.59 Å². The molecule has 3 rings (SSSR count). The highest BCUT2D eigenvalue weighted by Crippen LogP contribution is 2.19. The Hall–Kier alpha value is -2.18. The Bertz CT molecular complexity index is 589. The number of amides is 3. The number of hydrogen-bond donors (Lipinski definition) is 2. The lowest BCUT2D eigenvalue weighted by Crippen LogP contribution is -2.47. The number of nitrogens with one attached hydrogen (secondary N) is 1. The van der Waals surface area contributed by atoms with Gasteiger partial charge in [0.05, 0.1) is 12.5 Å². The first-order valence-electron chi connectivity index (χ1n) is 7.79. The largest absolute Gasteiger partial charge is 0.351 e. The standard InChI is InChI=1S/C15H21N5O2/c16-15(22)20-6-2-4-11(9-20)14(21)18-8-13-17-7-10-3-1-5-12(10)19-13/h7,11H,1-6,8-9H2,(H2,16,22)(H,18,21)/t11-/m1/s1. The summed E-state index contributed by atoms with van der Waals surface area (Å²) in [4.78, 5) is 33.8. The zero-order valence-electron chi connectivity index (χ0n) is 12.5. The van der Waals surface area contributed by atoms with E-state index < -0.39 is 6.03 Å². The Morgan fingerprint density at radius 1 is 1.36 bits per heavy atom. The summed E-state index contributed by atoms with van der Waals surface area (Å²) < 4.78 is 0. The summed E-state index contributed by atoms with van der Waals surface area (Å²) in [5.74, 6) is 0.391. The maximum Gasteiger partial charge on any atom is 0.314 e. The highest BCUT2D eigenvalue weighted by molar-refractivity contribution is 5.80. The van der Waals surface area contributed by atoms with Gasteiger partial charge in [0.1, 0.15) is 5.82 Å². The van der Waals surface area contributed by atoms with Crippen molar-refractivity contribution in [1.82, 2.24) is 20.2 Å². The Morgan fingerprint density at radius 2 is 2.23 bits per heavy atom. The average molecular weight is 303 g/mol. The van der Waals surface area contributed by atoms with Crippen LogP contribution in [0.25, 0.3) is 0 Å². The molecule has 7 heteroatoms. The lowest BCUT2D eigenvalue weighted by atomic mass is 9.97. The van der Waals surface area contributed by atoms with Crippen molar-refractivity contribution in [1.29, 1.82) is 0 Å². The zero-order chi connectivity index (χ0) is 15.5. The number of nitrogens with two attached hydrogens (primary N) is 1. The molecule has 1 aliphatic carbocycles. The third-order valence-corrected chi connectivity index (χ3v) is 4.39. The number of primary amides is 1. The van der Waals surface area contributed by atoms with Gasteiger partial charge in [-0.3, -0.25) is 4.79 Å². The number of piperidine rings is 1. The molecule has 0 aromatic carbocycles. The van der Waals surface area contributed by atoms with Gasteiger partial charge in [-0.25, -0.2) is 14.8 Å². The molecule has 0 spiro atoms. The molecule has 3 amide bonds. The van der Waals surface area contributed by atoms with Crippen LogP contribution >= 0.6 is 0 Å². The van der Waals surface area contributed by atoms with Gasteiger partial charge in [0.15, 0.2) is 0 Å². The van der Waals surface area contributed by atoms with Gasteiger partial charge in [-0.05, 0) is 37.7 Å². The van der Waals surface area contributed by atoms with Crippen molar-refractivity contribution >= 4 is 11.9 Å². The molecule has 1 atom stereocenters. The van der Waals surface area contributed by atoms with Crippen molar-refractivity contribution in [3.05, 3.63) is 23.3 Å². The van der Waals surface area contributed by atoms with Crippen molar-refractivity contribution in [2.75, 3.05) is 13.1 Å². The number of rotatable bonds is 3. The lowest BCUT2D eigenvalue weighted by molar-refractivity contribution is -0.126. The quantitative estimate of drug-likeness (QED) is 0.842. The van der Waals surface area contributed by atoms with Crippen LogP contribution in [-0.2, 0) is 24.2 Å². The molecule has 1 aromatic rings. The fourth-order valence-corrected chi connectivity index (χ4v) is 3.14. The number of likely N-dealkylation sites (tertiary alicyclic amines) is 1. The zero-order valence-corrected chi connectivity index (χ0v) is 12.5. The number of fused-ring (bicyclic) bond motifs is 1. The van der Waals surface area contributed by atoms with E-state index in [1.165, 1.54) is 10.5 Å². The topological polar surface area (TPSA) is 101 Å². The van der Waals surface area contributed by atoms with Gasteiger partial charge in [0.2, 0.25) is 5.91 Å². The first-order chi connectivity index (χ1) is 10.6. The Balaban J connectivity index is 1.54. The number of hydrogen-bond acceptors (Lipinski definition) is 4. The van der Waals surface area contributed by atoms with Crippen LogP contribution in [0.3, 0.4) is 0 Å². The van der Waals surface area contributed by atoms with Crippen LogP contribution in [0.4, 0.5) is 4.79 Å². The molecular weight excluding hydrogens is 282 g/mol. The maximum absolute atomic E-state index is 12.2. The molecule has 0 unspecified atom stereocenters. The molecule has 3 N–H and O–H groups in total. The van der Waals surface area contributed by atoms with E-state index in [-0.39, 0.29) is 11.8 Å². The van der Waals surface area contributed by atoms with Crippen molar-refractivity contribution in [2.45, 2.75) is 38.6 Å². The second-order valence-corrected chi connectivity index (χ2v) is 5.95. The smallest absolute Gasteiger partial charge is 0.314 e. The Morgan fingerprint density at radius 3 is 3.05 bits per heavy atom. The van der Waals surface area contributed by atoms with Gasteiger partial charge >= 0.3 is 6.03 Å². The second-order valence-electron chi connectivity index (χ2n) is 5.95. The van der Waals surface area contributed by atoms with E-state index in [2.05, 4.69) is 15.3 Å². The molecule has 22 heavy (non-hydrogen) atoms. The third-order valence-electron chi connectivity index (χ3n) is 4.39. The minimum absolute atomic E-state index is 0.0601. The molecular formula is C15H21N5O2. The monoisotopic (exact) mass is 303 g/mol. The molecule has 7 nitrogen and oxygen atoms in total. The maximum atomic E-state index is 12.2. The van der Waals surface area contributed by atoms with Crippen LogP contribution in [0.1, 0.15) is 36.3 Å². The number of carbonyl (C=O) groups excluding carboxylic acids is 2. The van der Waals surface area contributed by atoms with Crippen molar-refractivity contribution < 1.29 is 9.59 Å². The number of nitrogens with zero attached hydrogens (tertiary/aromatic N) is 3. The number of aromatic nitrogens is 2. The van der Waals surface area contributed by atoms with Crippen LogP contribution in [0, 0.1) is 5.92 Å². The van der Waals surface area contributed by atoms with Crippen molar-refractivity contribution in [3.63, 3.8) is 0 Å². The first-order valence-corrected chi connectivity index (χ1v) is 7.79. The van der Waals surface area contributed by atoms with E-state index in [1.54, 1.807) is 0 Å². The number of carbonyl (C=O) groups is 2. The first kappa shape index (κ1) is 14.7. The predicted octanol–water partition coefficient (Wildman–Crippen LogP) is 0.372. The lowest BCUT2D eigenvalue weighted by Gasteiger charge is -2.30. The average Bonchev–Trinajstić information content (AvgIpc) is 3.00.